The number of rotatable bonds is 2. The lowest BCUT2D eigenvalue weighted by atomic mass is 9.51. The van der Waals surface area contributed by atoms with Crippen LogP contribution in [-0.2, 0) is 10.8 Å². The van der Waals surface area contributed by atoms with E-state index in [-0.39, 0.29) is 5.41 Å². The third-order valence-corrected chi connectivity index (χ3v) is 2.35. The molecule has 4 nitrogen and oxygen atoms in total. The predicted molar refractivity (Wildman–Crippen MR) is 63.3 cm³/mol. The Hall–Kier alpha value is -0.675. The molecule has 0 bridgehead atoms. The van der Waals surface area contributed by atoms with Crippen LogP contribution in [-0.4, -0.2) is 49.2 Å². The predicted octanol–water partition coefficient (Wildman–Crippen LogP) is -1.07. The van der Waals surface area contributed by atoms with Crippen LogP contribution >= 0.6 is 0 Å². The molecule has 0 aliphatic rings. The number of hydrogen-bond donors (Lipinski definition) is 2. The van der Waals surface area contributed by atoms with Crippen LogP contribution in [0.15, 0.2) is 12.3 Å². The number of aliphatic hydroxyl groups is 2. The first-order chi connectivity index (χ1) is 6.98. The molecule has 7 heteroatoms. The lowest BCUT2D eigenvalue weighted by Gasteiger charge is -2.40. The highest BCUT2D eigenvalue weighted by molar-refractivity contribution is 6.42. The van der Waals surface area contributed by atoms with Crippen LogP contribution in [0.2, 0.25) is 0 Å². The molecule has 16 heavy (non-hydrogen) atoms. The van der Waals surface area contributed by atoms with Crippen molar-refractivity contribution in [2.24, 2.45) is 0 Å². The summed E-state index contributed by atoms with van der Waals surface area (Å²) >= 11 is 0. The van der Waals surface area contributed by atoms with Crippen molar-refractivity contribution in [1.82, 2.24) is 9.78 Å². The van der Waals surface area contributed by atoms with Gasteiger partial charge < -0.3 is 10.2 Å². The fourth-order valence-corrected chi connectivity index (χ4v) is 1.32. The van der Waals surface area contributed by atoms with E-state index < -0.39 is 11.0 Å². The minimum atomic E-state index is -2.76. The van der Waals surface area contributed by atoms with Gasteiger partial charge in [0, 0.05) is 22.6 Å². The highest BCUT2D eigenvalue weighted by Gasteiger charge is 2.40. The maximum Gasteiger partial charge on any atom is 0.154 e. The summed E-state index contributed by atoms with van der Waals surface area (Å²) in [6.07, 6.45) is 1.47. The van der Waals surface area contributed by atoms with Crippen LogP contribution in [0.3, 0.4) is 0 Å². The van der Waals surface area contributed by atoms with Gasteiger partial charge >= 0.3 is 0 Å². The molecule has 2 N–H and O–H groups in total. The van der Waals surface area contributed by atoms with E-state index in [0.29, 0.717) is 5.69 Å². The third-order valence-electron chi connectivity index (χ3n) is 2.35. The first kappa shape index (κ1) is 13.4. The summed E-state index contributed by atoms with van der Waals surface area (Å²) in [5, 5.41) is 20.4. The monoisotopic (exact) mass is 214 g/mol. The molecule has 0 spiro atoms. The molecule has 0 aliphatic carbocycles. The lowest BCUT2D eigenvalue weighted by Crippen LogP contribution is -2.58. The van der Waals surface area contributed by atoms with E-state index in [0.717, 1.165) is 4.68 Å². The van der Waals surface area contributed by atoms with Gasteiger partial charge in [0.2, 0.25) is 0 Å². The van der Waals surface area contributed by atoms with Crippen LogP contribution < -0.4 is 0 Å². The highest BCUT2D eigenvalue weighted by Crippen LogP contribution is 2.27. The summed E-state index contributed by atoms with van der Waals surface area (Å²) in [7, 11) is 16.3. The van der Waals surface area contributed by atoms with Crippen molar-refractivity contribution in [3.63, 3.8) is 0 Å². The molecule has 1 aromatic rings. The van der Waals surface area contributed by atoms with E-state index in [1.807, 2.05) is 20.8 Å². The second-order valence-corrected chi connectivity index (χ2v) is 4.93. The summed E-state index contributed by atoms with van der Waals surface area (Å²) in [6, 6.07) is 1.69. The van der Waals surface area contributed by atoms with Crippen molar-refractivity contribution in [3.8, 4) is 0 Å². The molecule has 0 amide bonds. The van der Waals surface area contributed by atoms with E-state index >= 15 is 0 Å². The summed E-state index contributed by atoms with van der Waals surface area (Å²) in [6.45, 7) is 5.76. The zero-order chi connectivity index (χ0) is 12.8. The normalized spacial score (nSPS) is 14.1. The number of hydrogen-bond acceptors (Lipinski definition) is 3. The zero-order valence-corrected chi connectivity index (χ0v) is 9.68. The quantitative estimate of drug-likeness (QED) is 0.486. The molecule has 1 rings (SSSR count). The summed E-state index contributed by atoms with van der Waals surface area (Å²) < 4.78 is 1.12. The molecule has 80 valence electrons. The van der Waals surface area contributed by atoms with E-state index in [1.54, 1.807) is 6.07 Å². The topological polar surface area (TPSA) is 58.3 Å². The van der Waals surface area contributed by atoms with Gasteiger partial charge in [-0.1, -0.05) is 20.8 Å². The fourth-order valence-electron chi connectivity index (χ4n) is 1.32. The molecule has 0 saturated carbocycles. The molecular weight excluding hydrogens is 201 g/mol. The number of aromatic nitrogens is 2. The Morgan fingerprint density at radius 1 is 1.19 bits per heavy atom. The Morgan fingerprint density at radius 2 is 1.69 bits per heavy atom. The summed E-state index contributed by atoms with van der Waals surface area (Å²) in [5.41, 5.74) is -2.42. The molecule has 0 fully saturated rings. The molecular formula is C9H13B3N2O2. The van der Waals surface area contributed by atoms with Gasteiger partial charge in [0.15, 0.2) is 7.85 Å². The molecule has 0 aromatic carbocycles. The van der Waals surface area contributed by atoms with Gasteiger partial charge in [0.25, 0.3) is 0 Å². The van der Waals surface area contributed by atoms with Crippen molar-refractivity contribution in [2.75, 3.05) is 0 Å². The van der Waals surface area contributed by atoms with Crippen molar-refractivity contribution in [3.05, 3.63) is 18.0 Å². The first-order valence-corrected chi connectivity index (χ1v) is 4.84. The fraction of sp³-hybridized carbons (Fsp3) is 0.667. The maximum atomic E-state index is 9.33. The highest BCUT2D eigenvalue weighted by atomic mass is 16.5. The van der Waals surface area contributed by atoms with E-state index in [2.05, 4.69) is 5.10 Å². The van der Waals surface area contributed by atoms with Crippen molar-refractivity contribution in [2.45, 2.75) is 37.2 Å². The second-order valence-electron chi connectivity index (χ2n) is 4.93. The Kier molecular flexibility index (Phi) is 3.07. The van der Waals surface area contributed by atoms with Gasteiger partial charge in [-0.2, -0.15) is 5.10 Å². The molecule has 1 aromatic heterocycles. The van der Waals surface area contributed by atoms with Gasteiger partial charge in [-0.15, -0.1) is 0 Å². The Balaban J connectivity index is 3.31. The molecule has 0 aliphatic heterocycles. The standard InChI is InChI=1S/C9H13B3N2O2/c1-7(2,3)6-4-5-13-14(6)8(10,11)9(12,15)16/h4-5,15-16H,1-3H3. The van der Waals surface area contributed by atoms with Crippen LogP contribution in [0.4, 0.5) is 0 Å². The molecule has 1 heterocycles. The van der Waals surface area contributed by atoms with Gasteiger partial charge in [-0.05, 0) is 6.07 Å². The van der Waals surface area contributed by atoms with Crippen molar-refractivity contribution in [1.29, 1.82) is 0 Å². The first-order valence-electron chi connectivity index (χ1n) is 4.84. The molecule has 0 saturated heterocycles. The average Bonchev–Trinajstić information content (AvgIpc) is 2.47. The van der Waals surface area contributed by atoms with Crippen molar-refractivity contribution >= 4 is 23.5 Å². The van der Waals surface area contributed by atoms with Gasteiger partial charge in [0.05, 0.1) is 15.7 Å². The maximum absolute atomic E-state index is 9.33. The third kappa shape index (κ3) is 2.20. The molecule has 0 atom stereocenters. The number of nitrogens with zero attached hydrogens (tertiary/aromatic N) is 2. The minimum absolute atomic E-state index is 0.300. The Morgan fingerprint density at radius 3 is 2.06 bits per heavy atom. The average molecular weight is 214 g/mol. The van der Waals surface area contributed by atoms with Gasteiger partial charge in [0.1, 0.15) is 5.69 Å². The van der Waals surface area contributed by atoms with Crippen LogP contribution in [0.1, 0.15) is 26.5 Å². The largest absolute Gasteiger partial charge is 0.374 e. The smallest absolute Gasteiger partial charge is 0.154 e. The summed E-state index contributed by atoms with van der Waals surface area (Å²) in [4.78, 5) is 0. The molecule has 6 radical (unpaired) electrons. The van der Waals surface area contributed by atoms with Gasteiger partial charge in [-0.25, -0.2) is 0 Å². The Labute approximate surface area is 99.3 Å². The van der Waals surface area contributed by atoms with Crippen LogP contribution in [0.25, 0.3) is 0 Å². The zero-order valence-electron chi connectivity index (χ0n) is 9.68. The molecule has 0 unspecified atom stereocenters. The minimum Gasteiger partial charge on any atom is -0.374 e. The summed E-state index contributed by atoms with van der Waals surface area (Å²) in [5.74, 6) is 0. The van der Waals surface area contributed by atoms with Crippen LogP contribution in [0.5, 0.6) is 0 Å². The lowest BCUT2D eigenvalue weighted by molar-refractivity contribution is -0.118. The van der Waals surface area contributed by atoms with Gasteiger partial charge in [-0.3, -0.25) is 4.68 Å². The van der Waals surface area contributed by atoms with E-state index in [4.69, 9.17) is 23.5 Å². The second kappa shape index (κ2) is 3.67. The Bertz CT molecular complexity index is 377. The van der Waals surface area contributed by atoms with Crippen LogP contribution in [0, 0.1) is 0 Å². The SMILES string of the molecule is [B]C(O)(O)C([B])([B])n1nccc1C(C)(C)C. The van der Waals surface area contributed by atoms with E-state index in [1.165, 1.54) is 6.20 Å². The van der Waals surface area contributed by atoms with Crippen molar-refractivity contribution < 1.29 is 10.2 Å². The van der Waals surface area contributed by atoms with E-state index in [9.17, 15) is 10.2 Å².